The lowest BCUT2D eigenvalue weighted by Crippen LogP contribution is -2.67. The number of carbonyl (C=O) groups is 3. The minimum atomic E-state index is -1.70. The Labute approximate surface area is 229 Å². The van der Waals surface area contributed by atoms with Crippen molar-refractivity contribution in [2.24, 2.45) is 23.3 Å². The Morgan fingerprint density at radius 3 is 2.50 bits per heavy atom. The van der Waals surface area contributed by atoms with Crippen LogP contribution in [0.15, 0.2) is 53.3 Å². The van der Waals surface area contributed by atoms with Crippen LogP contribution in [-0.2, 0) is 25.5 Å². The third-order valence-electron chi connectivity index (χ3n) is 8.73. The van der Waals surface area contributed by atoms with E-state index in [1.165, 1.54) is 6.07 Å². The normalized spacial score (nSPS) is 29.1. The number of hydrogen-bond donors (Lipinski definition) is 5. The summed E-state index contributed by atoms with van der Waals surface area (Å²) in [5, 5.41) is 33.7. The van der Waals surface area contributed by atoms with Crippen molar-refractivity contribution in [1.82, 2.24) is 4.90 Å². The maximum atomic E-state index is 14.4. The van der Waals surface area contributed by atoms with E-state index in [9.17, 15) is 29.7 Å². The highest BCUT2D eigenvalue weighted by Crippen LogP contribution is 2.57. The molecular formula is C29H29N3O8. The van der Waals surface area contributed by atoms with E-state index in [0.717, 1.165) is 0 Å². The van der Waals surface area contributed by atoms with E-state index in [0.29, 0.717) is 28.7 Å². The van der Waals surface area contributed by atoms with E-state index >= 15 is 0 Å². The molecule has 0 radical (unpaired) electrons. The van der Waals surface area contributed by atoms with Crippen LogP contribution in [0.1, 0.15) is 27.9 Å². The molecular weight excluding hydrogens is 518 g/mol. The Hall–Kier alpha value is -4.19. The monoisotopic (exact) mass is 547 g/mol. The Balaban J connectivity index is 1.55. The van der Waals surface area contributed by atoms with Gasteiger partial charge < -0.3 is 36.3 Å². The number of hydrogen-bond acceptors (Lipinski definition) is 9. The number of ketones is 1. The standard InChI is InChI=1S/C29H29N3O8/c1-32(2)22-17-10-14-9-16-15(12-4-3-5-13(8-12)27(30)37)6-7-18(33)20(16)23(34)19(14)25(36)29(17)26(39-11-40-29)21(24(22)35)28(31)38/h3-8,14,17,22,26,33-35H,9-11H2,1-2H3,(H2,30,37)(H2,31,38)/t14-,17-,22+,26?,29-/m0/s1. The molecule has 11 heteroatoms. The van der Waals surface area contributed by atoms with Crippen LogP contribution in [0.2, 0.25) is 0 Å². The number of nitrogens with two attached hydrogens (primary N) is 2. The van der Waals surface area contributed by atoms with Gasteiger partial charge in [-0.15, -0.1) is 0 Å². The predicted molar refractivity (Wildman–Crippen MR) is 142 cm³/mol. The van der Waals surface area contributed by atoms with Gasteiger partial charge in [-0.2, -0.15) is 0 Å². The van der Waals surface area contributed by atoms with Crippen molar-refractivity contribution in [1.29, 1.82) is 0 Å². The summed E-state index contributed by atoms with van der Waals surface area (Å²) >= 11 is 0. The zero-order valence-electron chi connectivity index (χ0n) is 21.9. The smallest absolute Gasteiger partial charge is 0.250 e. The summed E-state index contributed by atoms with van der Waals surface area (Å²) in [6.45, 7) is -0.308. The zero-order chi connectivity index (χ0) is 28.7. The lowest BCUT2D eigenvalue weighted by atomic mass is 9.56. The Bertz CT molecular complexity index is 1560. The number of aliphatic hydroxyl groups excluding tert-OH is 2. The summed E-state index contributed by atoms with van der Waals surface area (Å²) in [5.41, 5.74) is 11.6. The van der Waals surface area contributed by atoms with Crippen LogP contribution in [0.25, 0.3) is 16.9 Å². The first-order valence-electron chi connectivity index (χ1n) is 12.9. The maximum Gasteiger partial charge on any atom is 0.250 e. The summed E-state index contributed by atoms with van der Waals surface area (Å²) in [5.74, 6) is -4.12. The van der Waals surface area contributed by atoms with E-state index in [1.807, 2.05) is 0 Å². The number of nitrogens with zero attached hydrogens (tertiary/aromatic N) is 1. The number of carbonyl (C=O) groups excluding carboxylic acids is 3. The molecule has 2 amide bonds. The maximum absolute atomic E-state index is 14.4. The molecule has 1 saturated heterocycles. The highest BCUT2D eigenvalue weighted by Gasteiger charge is 2.69. The van der Waals surface area contributed by atoms with Crippen LogP contribution >= 0.6 is 0 Å². The third kappa shape index (κ3) is 3.38. The molecule has 1 aliphatic heterocycles. The number of benzene rings is 2. The van der Waals surface area contributed by atoms with E-state index in [1.54, 1.807) is 49.3 Å². The average molecular weight is 548 g/mol. The molecule has 5 atom stereocenters. The van der Waals surface area contributed by atoms with Gasteiger partial charge in [-0.1, -0.05) is 18.2 Å². The minimum absolute atomic E-state index is 0.0697. The molecule has 208 valence electrons. The topological polar surface area (TPSA) is 186 Å². The lowest BCUT2D eigenvalue weighted by Gasteiger charge is -2.52. The molecule has 1 unspecified atom stereocenters. The van der Waals surface area contributed by atoms with Crippen LogP contribution in [-0.4, -0.2) is 76.5 Å². The van der Waals surface area contributed by atoms with Crippen LogP contribution in [0, 0.1) is 11.8 Å². The highest BCUT2D eigenvalue weighted by atomic mass is 16.7. The lowest BCUT2D eigenvalue weighted by molar-refractivity contribution is -0.154. The summed E-state index contributed by atoms with van der Waals surface area (Å²) in [6.07, 6.45) is -0.686. The SMILES string of the molecule is CN(C)[C@H]1C(O)=C(C(N)=O)C2OCO[C@@]23C(=O)C2=C(O)c4c(O)ccc(-c5cccc(C(N)=O)c5)c4C[C@H]2C[C@@H]13. The van der Waals surface area contributed by atoms with E-state index in [2.05, 4.69) is 0 Å². The van der Waals surface area contributed by atoms with Gasteiger partial charge in [0.25, 0.3) is 5.91 Å². The van der Waals surface area contributed by atoms with Gasteiger partial charge >= 0.3 is 0 Å². The number of phenolic OH excluding ortho intramolecular Hbond substituents is 1. The molecule has 0 aromatic heterocycles. The molecule has 40 heavy (non-hydrogen) atoms. The number of rotatable bonds is 4. The number of primary amides is 2. The first-order chi connectivity index (χ1) is 19.0. The van der Waals surface area contributed by atoms with Crippen molar-refractivity contribution >= 4 is 23.4 Å². The van der Waals surface area contributed by atoms with Gasteiger partial charge in [-0.3, -0.25) is 19.3 Å². The third-order valence-corrected chi connectivity index (χ3v) is 8.73. The molecule has 7 N–H and O–H groups in total. The van der Waals surface area contributed by atoms with Crippen LogP contribution in [0.5, 0.6) is 5.75 Å². The summed E-state index contributed by atoms with van der Waals surface area (Å²) in [7, 11) is 3.43. The first-order valence-corrected chi connectivity index (χ1v) is 12.9. The molecule has 2 aromatic rings. The predicted octanol–water partition coefficient (Wildman–Crippen LogP) is 1.54. The van der Waals surface area contributed by atoms with Gasteiger partial charge in [0.1, 0.15) is 30.2 Å². The molecule has 2 aromatic carbocycles. The second-order valence-corrected chi connectivity index (χ2v) is 10.9. The second-order valence-electron chi connectivity index (χ2n) is 10.9. The molecule has 2 fully saturated rings. The number of amides is 2. The second kappa shape index (κ2) is 8.91. The molecule has 1 heterocycles. The van der Waals surface area contributed by atoms with Crippen LogP contribution < -0.4 is 11.5 Å². The largest absolute Gasteiger partial charge is 0.510 e. The van der Waals surface area contributed by atoms with Gasteiger partial charge in [0.05, 0.1) is 17.2 Å². The minimum Gasteiger partial charge on any atom is -0.510 e. The number of fused-ring (bicyclic) bond motifs is 2. The summed E-state index contributed by atoms with van der Waals surface area (Å²) < 4.78 is 11.7. The van der Waals surface area contributed by atoms with E-state index in [-0.39, 0.29) is 47.2 Å². The van der Waals surface area contributed by atoms with E-state index < -0.39 is 47.2 Å². The van der Waals surface area contributed by atoms with Crippen molar-refractivity contribution in [3.8, 4) is 16.9 Å². The summed E-state index contributed by atoms with van der Waals surface area (Å²) in [4.78, 5) is 40.4. The number of ether oxygens (including phenoxy) is 2. The number of aromatic hydroxyl groups is 1. The Morgan fingerprint density at radius 2 is 1.82 bits per heavy atom. The van der Waals surface area contributed by atoms with Gasteiger partial charge in [-0.25, -0.2) is 0 Å². The van der Waals surface area contributed by atoms with Crippen LogP contribution in [0.3, 0.4) is 0 Å². The Morgan fingerprint density at radius 1 is 1.07 bits per heavy atom. The highest BCUT2D eigenvalue weighted by molar-refractivity contribution is 6.12. The quantitative estimate of drug-likeness (QED) is 0.379. The van der Waals surface area contributed by atoms with Crippen molar-refractivity contribution in [3.63, 3.8) is 0 Å². The zero-order valence-corrected chi connectivity index (χ0v) is 21.9. The van der Waals surface area contributed by atoms with Gasteiger partial charge in [0.15, 0.2) is 11.4 Å². The molecule has 1 spiro atoms. The average Bonchev–Trinajstić information content (AvgIpc) is 3.33. The fraction of sp³-hybridized carbons (Fsp3) is 0.345. The molecule has 6 rings (SSSR count). The van der Waals surface area contributed by atoms with Gasteiger partial charge in [-0.05, 0) is 67.7 Å². The molecule has 4 aliphatic rings. The molecule has 0 bridgehead atoms. The van der Waals surface area contributed by atoms with Crippen molar-refractivity contribution in [3.05, 3.63) is 70.0 Å². The molecule has 3 aliphatic carbocycles. The van der Waals surface area contributed by atoms with Gasteiger partial charge in [0.2, 0.25) is 5.91 Å². The number of Topliss-reactive ketones (excluding diaryl/α,β-unsaturated/α-hetero) is 1. The fourth-order valence-corrected chi connectivity index (χ4v) is 7.14. The number of aliphatic hydroxyl groups is 2. The van der Waals surface area contributed by atoms with Crippen molar-refractivity contribution in [2.45, 2.75) is 30.6 Å². The Kier molecular flexibility index (Phi) is 5.81. The van der Waals surface area contributed by atoms with Crippen LogP contribution in [0.4, 0.5) is 0 Å². The number of likely N-dealkylation sites (N-methyl/N-ethyl adjacent to an activating group) is 1. The molecule has 11 nitrogen and oxygen atoms in total. The first kappa shape index (κ1) is 26.1. The number of phenols is 1. The molecule has 1 saturated carbocycles. The fourth-order valence-electron chi connectivity index (χ4n) is 7.14. The van der Waals surface area contributed by atoms with Crippen molar-refractivity contribution in [2.75, 3.05) is 20.9 Å². The van der Waals surface area contributed by atoms with E-state index in [4.69, 9.17) is 20.9 Å². The summed E-state index contributed by atoms with van der Waals surface area (Å²) in [6, 6.07) is 9.05. The van der Waals surface area contributed by atoms with Gasteiger partial charge in [0, 0.05) is 17.1 Å². The van der Waals surface area contributed by atoms with Crippen molar-refractivity contribution < 1.29 is 39.2 Å².